The summed E-state index contributed by atoms with van der Waals surface area (Å²) >= 11 is 6.04. The molecule has 0 aliphatic carbocycles. The molecule has 3 aromatic rings. The van der Waals surface area contributed by atoms with Crippen molar-refractivity contribution in [1.29, 1.82) is 0 Å². The summed E-state index contributed by atoms with van der Waals surface area (Å²) in [5.74, 6) is 1.35. The molecule has 0 radical (unpaired) electrons. The standard InChI is InChI=1S/C23H23ClN2O3/c1-15-6-5-7-16(2)23(15)29-14-18-12-17(9-11-21(18)28-4)8-10-20(27)22-19(24)13-26(3)25-22/h5-13H,14H2,1-4H3/b10-8+. The molecule has 0 aliphatic rings. The Balaban J connectivity index is 1.79. The highest BCUT2D eigenvalue weighted by atomic mass is 35.5. The molecule has 0 spiro atoms. The van der Waals surface area contributed by atoms with Gasteiger partial charge < -0.3 is 9.47 Å². The van der Waals surface area contributed by atoms with E-state index in [-0.39, 0.29) is 11.5 Å². The van der Waals surface area contributed by atoms with Crippen molar-refractivity contribution >= 4 is 23.5 Å². The molecule has 1 aromatic heterocycles. The fraction of sp³-hybridized carbons (Fsp3) is 0.217. The molecule has 0 atom stereocenters. The normalized spacial score (nSPS) is 11.1. The van der Waals surface area contributed by atoms with Crippen LogP contribution < -0.4 is 9.47 Å². The van der Waals surface area contributed by atoms with E-state index in [4.69, 9.17) is 21.1 Å². The maximum Gasteiger partial charge on any atom is 0.207 e. The van der Waals surface area contributed by atoms with E-state index in [1.165, 1.54) is 10.8 Å². The van der Waals surface area contributed by atoms with Crippen molar-refractivity contribution in [3.05, 3.63) is 81.6 Å². The number of aryl methyl sites for hydroxylation is 3. The molecule has 0 unspecified atom stereocenters. The first-order valence-electron chi connectivity index (χ1n) is 9.16. The highest BCUT2D eigenvalue weighted by molar-refractivity contribution is 6.34. The summed E-state index contributed by atoms with van der Waals surface area (Å²) < 4.78 is 13.0. The molecule has 6 heteroatoms. The smallest absolute Gasteiger partial charge is 0.207 e. The van der Waals surface area contributed by atoms with Crippen LogP contribution >= 0.6 is 11.6 Å². The molecule has 0 bridgehead atoms. The topological polar surface area (TPSA) is 53.3 Å². The van der Waals surface area contributed by atoms with Gasteiger partial charge in [0.15, 0.2) is 5.69 Å². The van der Waals surface area contributed by atoms with Gasteiger partial charge in [-0.1, -0.05) is 41.9 Å². The number of aromatic nitrogens is 2. The van der Waals surface area contributed by atoms with Gasteiger partial charge in [-0.15, -0.1) is 0 Å². The summed E-state index contributed by atoms with van der Waals surface area (Å²) in [7, 11) is 3.35. The van der Waals surface area contributed by atoms with Crippen LogP contribution in [0, 0.1) is 13.8 Å². The molecule has 5 nitrogen and oxygen atoms in total. The average molecular weight is 411 g/mol. The van der Waals surface area contributed by atoms with Crippen LogP contribution in [-0.2, 0) is 13.7 Å². The van der Waals surface area contributed by atoms with E-state index in [1.807, 2.05) is 50.2 Å². The molecule has 0 saturated carbocycles. The first-order chi connectivity index (χ1) is 13.9. The lowest BCUT2D eigenvalue weighted by Gasteiger charge is -2.14. The predicted molar refractivity (Wildman–Crippen MR) is 115 cm³/mol. The highest BCUT2D eigenvalue weighted by Crippen LogP contribution is 2.27. The quantitative estimate of drug-likeness (QED) is 0.398. The summed E-state index contributed by atoms with van der Waals surface area (Å²) in [6.45, 7) is 4.40. The number of hydrogen-bond donors (Lipinski definition) is 0. The number of para-hydroxylation sites is 1. The highest BCUT2D eigenvalue weighted by Gasteiger charge is 2.12. The summed E-state index contributed by atoms with van der Waals surface area (Å²) in [6, 6.07) is 11.7. The first kappa shape index (κ1) is 20.7. The lowest BCUT2D eigenvalue weighted by molar-refractivity contribution is 0.104. The Hall–Kier alpha value is -3.05. The van der Waals surface area contributed by atoms with Crippen LogP contribution in [0.5, 0.6) is 11.5 Å². The van der Waals surface area contributed by atoms with Crippen LogP contribution in [0.4, 0.5) is 0 Å². The molecule has 29 heavy (non-hydrogen) atoms. The lowest BCUT2D eigenvalue weighted by atomic mass is 10.1. The molecular formula is C23H23ClN2O3. The number of rotatable bonds is 7. The number of carbonyl (C=O) groups is 1. The number of hydrogen-bond acceptors (Lipinski definition) is 4. The fourth-order valence-electron chi connectivity index (χ4n) is 3.07. The summed E-state index contributed by atoms with van der Waals surface area (Å²) in [5.41, 5.74) is 4.14. The number of carbonyl (C=O) groups excluding carboxylic acids is 1. The zero-order chi connectivity index (χ0) is 21.0. The van der Waals surface area contributed by atoms with Crippen molar-refractivity contribution in [3.8, 4) is 11.5 Å². The third kappa shape index (κ3) is 4.87. The number of nitrogens with zero attached hydrogens (tertiary/aromatic N) is 2. The Kier molecular flexibility index (Phi) is 6.39. The third-order valence-electron chi connectivity index (χ3n) is 4.53. The molecule has 0 N–H and O–H groups in total. The van der Waals surface area contributed by atoms with Gasteiger partial charge in [-0.05, 0) is 48.7 Å². The minimum Gasteiger partial charge on any atom is -0.496 e. The second-order valence-electron chi connectivity index (χ2n) is 6.78. The SMILES string of the molecule is COc1ccc(/C=C/C(=O)c2nn(C)cc2Cl)cc1COc1c(C)cccc1C. The van der Waals surface area contributed by atoms with Crippen molar-refractivity contribution in [2.75, 3.05) is 7.11 Å². The third-order valence-corrected chi connectivity index (χ3v) is 4.81. The fourth-order valence-corrected chi connectivity index (χ4v) is 3.34. The molecule has 2 aromatic carbocycles. The summed E-state index contributed by atoms with van der Waals surface area (Å²) in [6.07, 6.45) is 4.79. The predicted octanol–water partition coefficient (Wildman–Crippen LogP) is 5.17. The van der Waals surface area contributed by atoms with Crippen LogP contribution in [0.15, 0.2) is 48.7 Å². The average Bonchev–Trinajstić information content (AvgIpc) is 3.04. The molecule has 0 aliphatic heterocycles. The van der Waals surface area contributed by atoms with Gasteiger partial charge in [-0.3, -0.25) is 9.48 Å². The molecule has 0 fully saturated rings. The minimum atomic E-state index is -0.250. The van der Waals surface area contributed by atoms with Crippen LogP contribution in [0.1, 0.15) is 32.7 Å². The summed E-state index contributed by atoms with van der Waals surface area (Å²) in [5, 5.41) is 4.42. The van der Waals surface area contributed by atoms with Gasteiger partial charge in [0.25, 0.3) is 0 Å². The molecule has 0 amide bonds. The largest absolute Gasteiger partial charge is 0.496 e. The van der Waals surface area contributed by atoms with Gasteiger partial charge in [-0.25, -0.2) is 0 Å². The second kappa shape index (κ2) is 8.97. The van der Waals surface area contributed by atoms with E-state index in [2.05, 4.69) is 5.10 Å². The summed E-state index contributed by atoms with van der Waals surface area (Å²) in [4.78, 5) is 12.3. The number of methoxy groups -OCH3 is 1. The van der Waals surface area contributed by atoms with E-state index >= 15 is 0 Å². The Morgan fingerprint density at radius 3 is 2.55 bits per heavy atom. The Morgan fingerprint density at radius 1 is 1.21 bits per heavy atom. The van der Waals surface area contributed by atoms with Crippen molar-refractivity contribution < 1.29 is 14.3 Å². The van der Waals surface area contributed by atoms with Crippen LogP contribution in [0.3, 0.4) is 0 Å². The van der Waals surface area contributed by atoms with E-state index in [0.29, 0.717) is 11.6 Å². The lowest BCUT2D eigenvalue weighted by Crippen LogP contribution is -2.02. The van der Waals surface area contributed by atoms with E-state index in [1.54, 1.807) is 26.4 Å². The Morgan fingerprint density at radius 2 is 1.93 bits per heavy atom. The van der Waals surface area contributed by atoms with Crippen molar-refractivity contribution in [2.24, 2.45) is 7.05 Å². The van der Waals surface area contributed by atoms with Crippen molar-refractivity contribution in [3.63, 3.8) is 0 Å². The zero-order valence-electron chi connectivity index (χ0n) is 16.9. The van der Waals surface area contributed by atoms with E-state index in [0.717, 1.165) is 33.8 Å². The number of allylic oxidation sites excluding steroid dienone is 1. The van der Waals surface area contributed by atoms with Gasteiger partial charge in [0.2, 0.25) is 5.78 Å². The molecule has 3 rings (SSSR count). The van der Waals surface area contributed by atoms with E-state index in [9.17, 15) is 4.79 Å². The minimum absolute atomic E-state index is 0.234. The maximum atomic E-state index is 12.3. The molecular weight excluding hydrogens is 388 g/mol. The van der Waals surface area contributed by atoms with Crippen LogP contribution in [-0.4, -0.2) is 22.7 Å². The first-order valence-corrected chi connectivity index (χ1v) is 9.54. The van der Waals surface area contributed by atoms with Crippen LogP contribution in [0.25, 0.3) is 6.08 Å². The van der Waals surface area contributed by atoms with E-state index < -0.39 is 0 Å². The molecule has 0 saturated heterocycles. The monoisotopic (exact) mass is 410 g/mol. The Bertz CT molecular complexity index is 1050. The molecule has 1 heterocycles. The zero-order valence-corrected chi connectivity index (χ0v) is 17.7. The number of benzene rings is 2. The molecule has 150 valence electrons. The van der Waals surface area contributed by atoms with Gasteiger partial charge in [0.1, 0.15) is 18.1 Å². The van der Waals surface area contributed by atoms with Gasteiger partial charge >= 0.3 is 0 Å². The Labute approximate surface area is 175 Å². The second-order valence-corrected chi connectivity index (χ2v) is 7.18. The van der Waals surface area contributed by atoms with Crippen molar-refractivity contribution in [2.45, 2.75) is 20.5 Å². The van der Waals surface area contributed by atoms with Gasteiger partial charge in [-0.2, -0.15) is 5.10 Å². The number of ketones is 1. The van der Waals surface area contributed by atoms with Crippen LogP contribution in [0.2, 0.25) is 5.02 Å². The van der Waals surface area contributed by atoms with Gasteiger partial charge in [0, 0.05) is 18.8 Å². The van der Waals surface area contributed by atoms with Crippen molar-refractivity contribution in [1.82, 2.24) is 9.78 Å². The van der Waals surface area contributed by atoms with Gasteiger partial charge in [0.05, 0.1) is 12.1 Å². The number of ether oxygens (including phenoxy) is 2. The number of halogens is 1. The maximum absolute atomic E-state index is 12.3.